The van der Waals surface area contributed by atoms with E-state index in [1.807, 2.05) is 37.3 Å². The van der Waals surface area contributed by atoms with Crippen molar-refractivity contribution in [2.45, 2.75) is 38.6 Å². The van der Waals surface area contributed by atoms with Crippen molar-refractivity contribution < 1.29 is 22.7 Å². The predicted octanol–water partition coefficient (Wildman–Crippen LogP) is 4.17. The van der Waals surface area contributed by atoms with E-state index in [2.05, 4.69) is 15.2 Å². The molecule has 1 N–H and O–H groups in total. The average Bonchev–Trinajstić information content (AvgIpc) is 2.99. The molecule has 7 nitrogen and oxygen atoms in total. The molecule has 3 aliphatic rings. The van der Waals surface area contributed by atoms with Crippen molar-refractivity contribution >= 4 is 28.8 Å². The molecule has 0 saturated carbocycles. The van der Waals surface area contributed by atoms with Gasteiger partial charge in [0.05, 0.1) is 37.2 Å². The number of halogens is 3. The van der Waals surface area contributed by atoms with E-state index in [1.54, 1.807) is 11.1 Å². The maximum absolute atomic E-state index is 13.8. The summed E-state index contributed by atoms with van der Waals surface area (Å²) in [5.41, 5.74) is 3.46. The zero-order valence-corrected chi connectivity index (χ0v) is 19.7. The van der Waals surface area contributed by atoms with Gasteiger partial charge in [-0.2, -0.15) is 13.2 Å². The number of likely N-dealkylation sites (tertiary alicyclic amines) is 1. The summed E-state index contributed by atoms with van der Waals surface area (Å²) in [5.74, 6) is 0.332. The van der Waals surface area contributed by atoms with Gasteiger partial charge >= 0.3 is 6.18 Å². The molecule has 0 spiro atoms. The van der Waals surface area contributed by atoms with Crippen LogP contribution in [0.15, 0.2) is 36.5 Å². The van der Waals surface area contributed by atoms with Gasteiger partial charge in [0.2, 0.25) is 5.91 Å². The Morgan fingerprint density at radius 3 is 2.74 bits per heavy atom. The molecule has 2 saturated heterocycles. The molecule has 35 heavy (non-hydrogen) atoms. The van der Waals surface area contributed by atoms with E-state index in [9.17, 15) is 18.0 Å². The van der Waals surface area contributed by atoms with Gasteiger partial charge in [-0.05, 0) is 57.1 Å². The van der Waals surface area contributed by atoms with Crippen molar-refractivity contribution in [2.75, 3.05) is 54.4 Å². The number of nitrogens with zero attached hydrogens (tertiary/aromatic N) is 4. The van der Waals surface area contributed by atoms with Gasteiger partial charge in [0.1, 0.15) is 5.82 Å². The number of carbonyl (C=O) groups excluding carboxylic acids is 1. The predicted molar refractivity (Wildman–Crippen MR) is 128 cm³/mol. The van der Waals surface area contributed by atoms with Crippen molar-refractivity contribution in [2.24, 2.45) is 5.92 Å². The van der Waals surface area contributed by atoms with Gasteiger partial charge in [0.15, 0.2) is 0 Å². The number of aromatic nitrogens is 1. The molecular weight excluding hydrogens is 459 g/mol. The number of nitrogens with one attached hydrogen (secondary N) is 1. The largest absolute Gasteiger partial charge is 0.401 e. The van der Waals surface area contributed by atoms with Crippen LogP contribution in [0.2, 0.25) is 0 Å². The number of piperidine rings is 1. The molecule has 5 rings (SSSR count). The van der Waals surface area contributed by atoms with Crippen LogP contribution in [-0.4, -0.2) is 67.4 Å². The monoisotopic (exact) mass is 489 g/mol. The number of carbonyl (C=O) groups is 1. The lowest BCUT2D eigenvalue weighted by molar-refractivity contribution is -0.149. The molecule has 0 radical (unpaired) electrons. The Hall–Kier alpha value is -2.85. The van der Waals surface area contributed by atoms with Crippen molar-refractivity contribution in [3.05, 3.63) is 42.1 Å². The second-order valence-corrected chi connectivity index (χ2v) is 9.55. The normalized spacial score (nSPS) is 21.7. The van der Waals surface area contributed by atoms with Crippen LogP contribution in [0.3, 0.4) is 0 Å². The minimum absolute atomic E-state index is 0.0519. The summed E-state index contributed by atoms with van der Waals surface area (Å²) in [6, 6.07) is 9.83. The van der Waals surface area contributed by atoms with Gasteiger partial charge in [0, 0.05) is 36.5 Å². The highest BCUT2D eigenvalue weighted by Crippen LogP contribution is 2.39. The minimum atomic E-state index is -4.23. The van der Waals surface area contributed by atoms with E-state index < -0.39 is 12.7 Å². The van der Waals surface area contributed by atoms with Crippen LogP contribution in [0.4, 0.5) is 36.1 Å². The van der Waals surface area contributed by atoms with E-state index >= 15 is 0 Å². The fraction of sp³-hybridized carbons (Fsp3) is 0.520. The van der Waals surface area contributed by atoms with E-state index in [-0.39, 0.29) is 31.0 Å². The first-order valence-corrected chi connectivity index (χ1v) is 12.1. The average molecular weight is 490 g/mol. The molecule has 1 atom stereocenters. The molecule has 1 unspecified atom stereocenters. The summed E-state index contributed by atoms with van der Waals surface area (Å²) in [5, 5.41) is 3.38. The number of hydrogen-bond acceptors (Lipinski definition) is 6. The van der Waals surface area contributed by atoms with Crippen LogP contribution in [0.1, 0.15) is 25.3 Å². The number of hydrogen-bond donors (Lipinski definition) is 1. The number of benzene rings is 1. The molecule has 1 amide bonds. The van der Waals surface area contributed by atoms with Crippen LogP contribution in [0.5, 0.6) is 0 Å². The summed E-state index contributed by atoms with van der Waals surface area (Å²) in [6.07, 6.45) is -1.57. The summed E-state index contributed by atoms with van der Waals surface area (Å²) in [7, 11) is 0. The first-order valence-electron chi connectivity index (χ1n) is 12.1. The smallest absolute Gasteiger partial charge is 0.375 e. The number of alkyl halides is 3. The third-order valence-corrected chi connectivity index (χ3v) is 6.96. The molecule has 0 aliphatic carbocycles. The van der Waals surface area contributed by atoms with E-state index in [4.69, 9.17) is 4.74 Å². The van der Waals surface area contributed by atoms with E-state index in [1.165, 1.54) is 4.90 Å². The summed E-state index contributed by atoms with van der Waals surface area (Å²) in [4.78, 5) is 23.7. The van der Waals surface area contributed by atoms with Crippen LogP contribution in [0.25, 0.3) is 0 Å². The molecule has 3 aliphatic heterocycles. The second-order valence-electron chi connectivity index (χ2n) is 9.55. The van der Waals surface area contributed by atoms with Crippen LogP contribution < -0.4 is 15.1 Å². The highest BCUT2D eigenvalue weighted by atomic mass is 19.4. The lowest BCUT2D eigenvalue weighted by atomic mass is 9.94. The van der Waals surface area contributed by atoms with Crippen molar-refractivity contribution in [3.8, 4) is 0 Å². The summed E-state index contributed by atoms with van der Waals surface area (Å²) in [6.45, 7) is 4.17. The van der Waals surface area contributed by atoms with Crippen molar-refractivity contribution in [1.82, 2.24) is 9.88 Å². The lowest BCUT2D eigenvalue weighted by Gasteiger charge is -2.36. The molecule has 0 bridgehead atoms. The number of fused-ring (bicyclic) bond motifs is 2. The Labute approximate surface area is 202 Å². The first-order chi connectivity index (χ1) is 16.8. The SMILES string of the molecule is CC1CN(c2ccc3c(c2)N(C(=O)C2CCN(CC(F)(F)F)CC2)Cc2cccnc2N3)CCO1. The number of ether oxygens (including phenoxy) is 1. The Morgan fingerprint density at radius 2 is 2.00 bits per heavy atom. The molecule has 4 heterocycles. The minimum Gasteiger partial charge on any atom is -0.375 e. The van der Waals surface area contributed by atoms with Crippen LogP contribution >= 0.6 is 0 Å². The zero-order chi connectivity index (χ0) is 24.6. The zero-order valence-electron chi connectivity index (χ0n) is 19.7. The molecule has 188 valence electrons. The third-order valence-electron chi connectivity index (χ3n) is 6.96. The molecule has 10 heteroatoms. The van der Waals surface area contributed by atoms with E-state index in [0.29, 0.717) is 31.8 Å². The van der Waals surface area contributed by atoms with Gasteiger partial charge in [0.25, 0.3) is 0 Å². The second kappa shape index (κ2) is 9.66. The van der Waals surface area contributed by atoms with Gasteiger partial charge in [-0.3, -0.25) is 9.69 Å². The number of pyridine rings is 1. The highest BCUT2D eigenvalue weighted by Gasteiger charge is 2.36. The Kier molecular flexibility index (Phi) is 6.59. The number of amides is 1. The summed E-state index contributed by atoms with van der Waals surface area (Å²) < 4.78 is 44.1. The van der Waals surface area contributed by atoms with Crippen molar-refractivity contribution in [3.63, 3.8) is 0 Å². The maximum atomic E-state index is 13.8. The highest BCUT2D eigenvalue weighted by molar-refractivity contribution is 6.00. The summed E-state index contributed by atoms with van der Waals surface area (Å²) >= 11 is 0. The van der Waals surface area contributed by atoms with E-state index in [0.717, 1.165) is 35.7 Å². The lowest BCUT2D eigenvalue weighted by Crippen LogP contribution is -2.45. The fourth-order valence-electron chi connectivity index (χ4n) is 5.17. The number of anilines is 4. The fourth-order valence-corrected chi connectivity index (χ4v) is 5.17. The quantitative estimate of drug-likeness (QED) is 0.699. The molecular formula is C25H30F3N5O2. The van der Waals surface area contributed by atoms with Gasteiger partial charge < -0.3 is 19.9 Å². The number of morpholine rings is 1. The van der Waals surface area contributed by atoms with Gasteiger partial charge in [-0.1, -0.05) is 6.07 Å². The first kappa shape index (κ1) is 23.9. The molecule has 2 fully saturated rings. The van der Waals surface area contributed by atoms with Gasteiger partial charge in [-0.25, -0.2) is 4.98 Å². The Balaban J connectivity index is 1.42. The van der Waals surface area contributed by atoms with Gasteiger partial charge in [-0.15, -0.1) is 0 Å². The van der Waals surface area contributed by atoms with Crippen molar-refractivity contribution in [1.29, 1.82) is 0 Å². The number of rotatable bonds is 3. The third kappa shape index (κ3) is 5.38. The molecule has 2 aromatic rings. The Morgan fingerprint density at radius 1 is 1.20 bits per heavy atom. The molecule has 1 aromatic carbocycles. The standard InChI is InChI=1S/C25H30F3N5O2/c1-17-14-32(11-12-35-17)20-4-5-21-22(13-20)33(15-19-3-2-8-29-23(19)30-21)24(34)18-6-9-31(10-7-18)16-25(26,27)28/h2-5,8,13,17-18H,6-7,9-12,14-16H2,1H3,(H,29,30). The topological polar surface area (TPSA) is 60.9 Å². The van der Waals surface area contributed by atoms with Crippen LogP contribution in [-0.2, 0) is 16.1 Å². The van der Waals surface area contributed by atoms with Crippen LogP contribution in [0, 0.1) is 5.92 Å². The Bertz CT molecular complexity index is 1070. The maximum Gasteiger partial charge on any atom is 0.401 e. The molecule has 1 aromatic heterocycles.